The number of hydrogen-bond acceptors (Lipinski definition) is 1. The van der Waals surface area contributed by atoms with Crippen LogP contribution in [-0.2, 0) is 5.88 Å². The molecule has 0 saturated heterocycles. The third-order valence-corrected chi connectivity index (χ3v) is 3.22. The molecule has 0 heterocycles. The van der Waals surface area contributed by atoms with Crippen LogP contribution in [0.2, 0.25) is 0 Å². The Labute approximate surface area is 97.2 Å². The van der Waals surface area contributed by atoms with E-state index in [0.29, 0.717) is 14.5 Å². The maximum Gasteiger partial charge on any atom is 0.337 e. The fourth-order valence-electron chi connectivity index (χ4n) is 0.956. The molecule has 0 fully saturated rings. The highest BCUT2D eigenvalue weighted by Gasteiger charge is 2.15. The zero-order valence-corrected chi connectivity index (χ0v) is 10.3. The van der Waals surface area contributed by atoms with Gasteiger partial charge in [0.05, 0.1) is 5.56 Å². The minimum Gasteiger partial charge on any atom is -0.478 e. The molecule has 1 aromatic rings. The molecular weight excluding hydrogens is 323 g/mol. The van der Waals surface area contributed by atoms with Gasteiger partial charge in [-0.25, -0.2) is 4.79 Å². The van der Waals surface area contributed by atoms with Crippen LogP contribution in [0.5, 0.6) is 0 Å². The molecule has 0 aliphatic rings. The number of benzene rings is 1. The molecule has 0 saturated carbocycles. The van der Waals surface area contributed by atoms with E-state index in [1.165, 1.54) is 0 Å². The fourth-order valence-corrected chi connectivity index (χ4v) is 2.41. The summed E-state index contributed by atoms with van der Waals surface area (Å²) in [5, 5.41) is 8.89. The predicted molar refractivity (Wildman–Crippen MR) is 58.4 cm³/mol. The van der Waals surface area contributed by atoms with E-state index >= 15 is 0 Å². The number of rotatable bonds is 2. The summed E-state index contributed by atoms with van der Waals surface area (Å²) in [4.78, 5) is 10.8. The maximum atomic E-state index is 10.8. The Morgan fingerprint density at radius 1 is 1.38 bits per heavy atom. The third kappa shape index (κ3) is 2.24. The minimum absolute atomic E-state index is 0.168. The van der Waals surface area contributed by atoms with Crippen molar-refractivity contribution < 1.29 is 9.90 Å². The van der Waals surface area contributed by atoms with Gasteiger partial charge in [-0.05, 0) is 33.6 Å². The monoisotopic (exact) mass is 326 g/mol. The molecule has 2 nitrogen and oxygen atoms in total. The van der Waals surface area contributed by atoms with E-state index in [4.69, 9.17) is 16.7 Å². The summed E-state index contributed by atoms with van der Waals surface area (Å²) in [5.41, 5.74) is 0.799. The highest BCUT2D eigenvalue weighted by molar-refractivity contribution is 9.11. The van der Waals surface area contributed by atoms with Gasteiger partial charge in [-0.3, -0.25) is 0 Å². The topological polar surface area (TPSA) is 37.3 Å². The van der Waals surface area contributed by atoms with Gasteiger partial charge in [-0.1, -0.05) is 15.9 Å². The van der Waals surface area contributed by atoms with Crippen molar-refractivity contribution in [3.63, 3.8) is 0 Å². The Bertz CT molecular complexity index is 352. The highest BCUT2D eigenvalue weighted by Crippen LogP contribution is 2.28. The summed E-state index contributed by atoms with van der Waals surface area (Å²) in [7, 11) is 0. The molecule has 1 rings (SSSR count). The first-order valence-corrected chi connectivity index (χ1v) is 5.46. The number of aromatic carboxylic acids is 1. The molecule has 0 aromatic heterocycles. The second-order valence-electron chi connectivity index (χ2n) is 2.32. The Morgan fingerprint density at radius 2 is 1.92 bits per heavy atom. The smallest absolute Gasteiger partial charge is 0.337 e. The van der Waals surface area contributed by atoms with Gasteiger partial charge in [0.15, 0.2) is 0 Å². The molecule has 0 atom stereocenters. The van der Waals surface area contributed by atoms with Gasteiger partial charge in [-0.15, -0.1) is 11.6 Å². The zero-order valence-electron chi connectivity index (χ0n) is 6.35. The lowest BCUT2D eigenvalue weighted by Crippen LogP contribution is -2.03. The largest absolute Gasteiger partial charge is 0.478 e. The number of carboxylic acids is 1. The third-order valence-electron chi connectivity index (χ3n) is 1.55. The van der Waals surface area contributed by atoms with Gasteiger partial charge in [0.2, 0.25) is 0 Å². The molecule has 0 unspecified atom stereocenters. The lowest BCUT2D eigenvalue weighted by Gasteiger charge is -2.06. The molecule has 1 aromatic carbocycles. The van der Waals surface area contributed by atoms with Gasteiger partial charge in [0, 0.05) is 14.8 Å². The van der Waals surface area contributed by atoms with E-state index in [1.54, 1.807) is 12.1 Å². The summed E-state index contributed by atoms with van der Waals surface area (Å²) in [6, 6.07) is 3.43. The molecule has 0 amide bonds. The predicted octanol–water partition coefficient (Wildman–Crippen LogP) is 3.65. The molecular formula is C8H5Br2ClO2. The maximum absolute atomic E-state index is 10.8. The number of hydrogen-bond donors (Lipinski definition) is 1. The fraction of sp³-hybridized carbons (Fsp3) is 0.125. The molecule has 0 spiro atoms. The highest BCUT2D eigenvalue weighted by atomic mass is 79.9. The Kier molecular flexibility index (Phi) is 3.76. The second kappa shape index (κ2) is 4.44. The van der Waals surface area contributed by atoms with Crippen LogP contribution in [0.1, 0.15) is 15.9 Å². The molecule has 0 aliphatic carbocycles. The summed E-state index contributed by atoms with van der Waals surface area (Å²) in [5.74, 6) is -0.814. The van der Waals surface area contributed by atoms with E-state index in [9.17, 15) is 4.79 Å². The van der Waals surface area contributed by atoms with Crippen LogP contribution in [0.25, 0.3) is 0 Å². The van der Waals surface area contributed by atoms with E-state index in [-0.39, 0.29) is 11.4 Å². The molecule has 13 heavy (non-hydrogen) atoms. The van der Waals surface area contributed by atoms with Crippen molar-refractivity contribution in [1.29, 1.82) is 0 Å². The van der Waals surface area contributed by atoms with Crippen molar-refractivity contribution >= 4 is 49.4 Å². The molecule has 1 N–H and O–H groups in total. The molecule has 0 bridgehead atoms. The first kappa shape index (κ1) is 11.0. The number of carboxylic acid groups (broad SMARTS) is 1. The van der Waals surface area contributed by atoms with Gasteiger partial charge < -0.3 is 5.11 Å². The van der Waals surface area contributed by atoms with Crippen molar-refractivity contribution in [2.75, 3.05) is 0 Å². The molecule has 70 valence electrons. The summed E-state index contributed by atoms with van der Waals surface area (Å²) in [6.07, 6.45) is 0. The summed E-state index contributed by atoms with van der Waals surface area (Å²) in [6.45, 7) is 0. The van der Waals surface area contributed by atoms with E-state index in [2.05, 4.69) is 31.9 Å². The van der Waals surface area contributed by atoms with Gasteiger partial charge in [-0.2, -0.15) is 0 Å². The summed E-state index contributed by atoms with van der Waals surface area (Å²) < 4.78 is 1.25. The van der Waals surface area contributed by atoms with Gasteiger partial charge in [0.25, 0.3) is 0 Å². The van der Waals surface area contributed by atoms with Crippen LogP contribution in [0.3, 0.4) is 0 Å². The van der Waals surface area contributed by atoms with Gasteiger partial charge >= 0.3 is 5.97 Å². The molecule has 0 aliphatic heterocycles. The average Bonchev–Trinajstić information content (AvgIpc) is 2.07. The van der Waals surface area contributed by atoms with Crippen LogP contribution in [-0.4, -0.2) is 11.1 Å². The van der Waals surface area contributed by atoms with E-state index in [0.717, 1.165) is 0 Å². The van der Waals surface area contributed by atoms with Crippen molar-refractivity contribution in [3.05, 3.63) is 32.2 Å². The standard InChI is InChI=1S/C8H5Br2ClO2/c9-5-1-2-6(10)7(8(12)13)4(5)3-11/h1-2H,3H2,(H,12,13). The van der Waals surface area contributed by atoms with Crippen LogP contribution in [0, 0.1) is 0 Å². The number of halogens is 3. The Hall–Kier alpha value is -0.0600. The summed E-state index contributed by atoms with van der Waals surface area (Å²) >= 11 is 12.0. The van der Waals surface area contributed by atoms with E-state index in [1.807, 2.05) is 0 Å². The van der Waals surface area contributed by atoms with Gasteiger partial charge in [0.1, 0.15) is 0 Å². The normalized spacial score (nSPS) is 10.1. The van der Waals surface area contributed by atoms with Crippen molar-refractivity contribution in [3.8, 4) is 0 Å². The molecule has 0 radical (unpaired) electrons. The molecule has 5 heteroatoms. The SMILES string of the molecule is O=C(O)c1c(Br)ccc(Br)c1CCl. The number of carbonyl (C=O) groups is 1. The minimum atomic E-state index is -0.983. The van der Waals surface area contributed by atoms with Crippen molar-refractivity contribution in [2.24, 2.45) is 0 Å². The quantitative estimate of drug-likeness (QED) is 0.842. The lowest BCUT2D eigenvalue weighted by molar-refractivity contribution is 0.0695. The van der Waals surface area contributed by atoms with Crippen molar-refractivity contribution in [2.45, 2.75) is 5.88 Å². The van der Waals surface area contributed by atoms with Crippen LogP contribution < -0.4 is 0 Å². The first-order chi connectivity index (χ1) is 6.07. The average molecular weight is 328 g/mol. The first-order valence-electron chi connectivity index (χ1n) is 3.34. The second-order valence-corrected chi connectivity index (χ2v) is 4.30. The van der Waals surface area contributed by atoms with Crippen LogP contribution in [0.15, 0.2) is 21.1 Å². The Balaban J connectivity index is 3.43. The van der Waals surface area contributed by atoms with Crippen LogP contribution >= 0.6 is 43.5 Å². The Morgan fingerprint density at radius 3 is 2.31 bits per heavy atom. The lowest BCUT2D eigenvalue weighted by atomic mass is 10.1. The van der Waals surface area contributed by atoms with E-state index < -0.39 is 5.97 Å². The zero-order chi connectivity index (χ0) is 10.0. The number of alkyl halides is 1. The van der Waals surface area contributed by atoms with Crippen molar-refractivity contribution in [1.82, 2.24) is 0 Å². The van der Waals surface area contributed by atoms with Crippen LogP contribution in [0.4, 0.5) is 0 Å².